The van der Waals surface area contributed by atoms with Crippen molar-refractivity contribution in [1.29, 1.82) is 0 Å². The summed E-state index contributed by atoms with van der Waals surface area (Å²) in [4.78, 5) is 9.76. The highest BCUT2D eigenvalue weighted by atomic mass is 15.2. The molecule has 0 radical (unpaired) electrons. The molecule has 0 aromatic rings. The van der Waals surface area contributed by atoms with Gasteiger partial charge in [0.05, 0.1) is 0 Å². The first-order valence-corrected chi connectivity index (χ1v) is 8.78. The van der Waals surface area contributed by atoms with Crippen molar-refractivity contribution >= 4 is 5.96 Å². The van der Waals surface area contributed by atoms with Crippen molar-refractivity contribution in [2.75, 3.05) is 52.9 Å². The molecule has 1 aliphatic carbocycles. The van der Waals surface area contributed by atoms with Crippen LogP contribution in [0.5, 0.6) is 0 Å². The summed E-state index contributed by atoms with van der Waals surface area (Å²) in [6, 6.07) is 0.519. The van der Waals surface area contributed by atoms with E-state index in [0.29, 0.717) is 12.0 Å². The van der Waals surface area contributed by atoms with E-state index in [1.807, 2.05) is 0 Å². The van der Waals surface area contributed by atoms with Gasteiger partial charge in [-0.3, -0.25) is 4.99 Å². The maximum Gasteiger partial charge on any atom is 0.191 e. The van der Waals surface area contributed by atoms with Crippen LogP contribution in [-0.2, 0) is 0 Å². The molecule has 0 spiro atoms. The molecule has 1 heterocycles. The third-order valence-corrected chi connectivity index (χ3v) is 4.42. The molecule has 126 valence electrons. The van der Waals surface area contributed by atoms with E-state index < -0.39 is 0 Å². The molecule has 2 aliphatic rings. The lowest BCUT2D eigenvalue weighted by atomic mass is 10.1. The van der Waals surface area contributed by atoms with Crippen molar-refractivity contribution in [3.8, 4) is 0 Å². The van der Waals surface area contributed by atoms with Crippen LogP contribution in [0.3, 0.4) is 0 Å². The number of rotatable bonds is 6. The van der Waals surface area contributed by atoms with Gasteiger partial charge in [0.2, 0.25) is 0 Å². The third-order valence-electron chi connectivity index (χ3n) is 4.42. The van der Waals surface area contributed by atoms with Crippen LogP contribution in [0.1, 0.15) is 26.7 Å². The Morgan fingerprint density at radius 2 is 1.91 bits per heavy atom. The minimum absolute atomic E-state index is 0.519. The Morgan fingerprint density at radius 3 is 2.55 bits per heavy atom. The molecule has 2 N–H and O–H groups in total. The van der Waals surface area contributed by atoms with Gasteiger partial charge in [0.15, 0.2) is 5.96 Å². The highest BCUT2D eigenvalue weighted by Gasteiger charge is 2.16. The Hall–Kier alpha value is -1.07. The van der Waals surface area contributed by atoms with Gasteiger partial charge in [-0.05, 0) is 32.7 Å². The number of aliphatic imine (C=N–C) groups is 1. The number of nitrogens with zero attached hydrogens (tertiary/aromatic N) is 3. The number of hydrogen-bond acceptors (Lipinski definition) is 3. The largest absolute Gasteiger partial charge is 0.357 e. The van der Waals surface area contributed by atoms with Crippen LogP contribution in [0.15, 0.2) is 17.1 Å². The Morgan fingerprint density at radius 1 is 1.23 bits per heavy atom. The summed E-state index contributed by atoms with van der Waals surface area (Å²) in [5, 5.41) is 6.90. The molecule has 5 nitrogen and oxygen atoms in total. The predicted octanol–water partition coefficient (Wildman–Crippen LogP) is 1.14. The number of nitrogens with one attached hydrogen (secondary N) is 2. The van der Waals surface area contributed by atoms with Crippen molar-refractivity contribution in [1.82, 2.24) is 20.4 Å². The van der Waals surface area contributed by atoms with Crippen molar-refractivity contribution < 1.29 is 0 Å². The third kappa shape index (κ3) is 5.97. The van der Waals surface area contributed by atoms with Gasteiger partial charge < -0.3 is 20.4 Å². The highest BCUT2D eigenvalue weighted by Crippen LogP contribution is 2.09. The minimum Gasteiger partial charge on any atom is -0.357 e. The van der Waals surface area contributed by atoms with Crippen LogP contribution >= 0.6 is 0 Å². The smallest absolute Gasteiger partial charge is 0.191 e. The summed E-state index contributed by atoms with van der Waals surface area (Å²) in [6.07, 6.45) is 6.72. The Labute approximate surface area is 135 Å². The molecule has 2 rings (SSSR count). The second-order valence-corrected chi connectivity index (χ2v) is 6.71. The fourth-order valence-electron chi connectivity index (χ4n) is 3.02. The molecule has 1 saturated heterocycles. The standard InChI is InChI=1S/C17H33N5/c1-4-18-17(20-16-7-5-6-8-16)19-13-15(2)14-22-11-9-21(3)10-12-22/h5-6,15-16H,4,7-14H2,1-3H3,(H2,18,19,20). The molecule has 0 bridgehead atoms. The van der Waals surface area contributed by atoms with E-state index in [1.54, 1.807) is 0 Å². The number of piperazine rings is 1. The van der Waals surface area contributed by atoms with Gasteiger partial charge >= 0.3 is 0 Å². The second-order valence-electron chi connectivity index (χ2n) is 6.71. The second kappa shape index (κ2) is 9.16. The highest BCUT2D eigenvalue weighted by molar-refractivity contribution is 5.80. The lowest BCUT2D eigenvalue weighted by Gasteiger charge is -2.33. The molecule has 0 saturated carbocycles. The van der Waals surface area contributed by atoms with E-state index >= 15 is 0 Å². The molecule has 0 aromatic carbocycles. The first kappa shape index (κ1) is 17.3. The van der Waals surface area contributed by atoms with E-state index in [-0.39, 0.29) is 0 Å². The molecule has 1 aliphatic heterocycles. The van der Waals surface area contributed by atoms with Crippen molar-refractivity contribution in [2.24, 2.45) is 10.9 Å². The SMILES string of the molecule is CCNC(=NCC(C)CN1CCN(C)CC1)NC1CC=CC1. The van der Waals surface area contributed by atoms with E-state index in [4.69, 9.17) is 4.99 Å². The van der Waals surface area contributed by atoms with Crippen LogP contribution in [0.4, 0.5) is 0 Å². The molecule has 5 heteroatoms. The lowest BCUT2D eigenvalue weighted by molar-refractivity contribution is 0.140. The van der Waals surface area contributed by atoms with Crippen molar-refractivity contribution in [3.63, 3.8) is 0 Å². The van der Waals surface area contributed by atoms with Gasteiger partial charge in [-0.25, -0.2) is 0 Å². The van der Waals surface area contributed by atoms with Gasteiger partial charge in [-0.15, -0.1) is 0 Å². The maximum atomic E-state index is 4.79. The predicted molar refractivity (Wildman–Crippen MR) is 94.4 cm³/mol. The first-order valence-electron chi connectivity index (χ1n) is 8.78. The summed E-state index contributed by atoms with van der Waals surface area (Å²) in [7, 11) is 2.21. The van der Waals surface area contributed by atoms with E-state index in [1.165, 1.54) is 26.2 Å². The van der Waals surface area contributed by atoms with Gasteiger partial charge in [0, 0.05) is 51.9 Å². The zero-order valence-corrected chi connectivity index (χ0v) is 14.5. The van der Waals surface area contributed by atoms with Crippen molar-refractivity contribution in [2.45, 2.75) is 32.7 Å². The van der Waals surface area contributed by atoms with Gasteiger partial charge in [0.25, 0.3) is 0 Å². The van der Waals surface area contributed by atoms with Gasteiger partial charge in [-0.2, -0.15) is 0 Å². The minimum atomic E-state index is 0.519. The maximum absolute atomic E-state index is 4.79. The molecule has 0 aromatic heterocycles. The summed E-state index contributed by atoms with van der Waals surface area (Å²) in [6.45, 7) is 12.2. The average Bonchev–Trinajstić information content (AvgIpc) is 3.00. The summed E-state index contributed by atoms with van der Waals surface area (Å²) in [5.41, 5.74) is 0. The molecular weight excluding hydrogens is 274 g/mol. The molecule has 1 unspecified atom stereocenters. The normalized spacial score (nSPS) is 23.0. The summed E-state index contributed by atoms with van der Waals surface area (Å²) in [5.74, 6) is 1.57. The fraction of sp³-hybridized carbons (Fsp3) is 0.824. The average molecular weight is 307 g/mol. The monoisotopic (exact) mass is 307 g/mol. The van der Waals surface area contributed by atoms with Crippen LogP contribution in [0, 0.1) is 5.92 Å². The van der Waals surface area contributed by atoms with E-state index in [2.05, 4.69) is 53.5 Å². The molecule has 1 fully saturated rings. The van der Waals surface area contributed by atoms with Gasteiger partial charge in [0.1, 0.15) is 0 Å². The topological polar surface area (TPSA) is 42.9 Å². The Balaban J connectivity index is 1.73. The lowest BCUT2D eigenvalue weighted by Crippen LogP contribution is -2.46. The number of guanidine groups is 1. The zero-order valence-electron chi connectivity index (χ0n) is 14.5. The zero-order chi connectivity index (χ0) is 15.8. The van der Waals surface area contributed by atoms with Crippen LogP contribution in [-0.4, -0.2) is 74.7 Å². The van der Waals surface area contributed by atoms with Crippen LogP contribution in [0.2, 0.25) is 0 Å². The number of likely N-dealkylation sites (N-methyl/N-ethyl adjacent to an activating group) is 1. The van der Waals surface area contributed by atoms with E-state index in [0.717, 1.165) is 38.4 Å². The molecular formula is C17H33N5. The molecule has 1 atom stereocenters. The summed E-state index contributed by atoms with van der Waals surface area (Å²) < 4.78 is 0. The van der Waals surface area contributed by atoms with E-state index in [9.17, 15) is 0 Å². The molecule has 22 heavy (non-hydrogen) atoms. The quantitative estimate of drug-likeness (QED) is 0.439. The van der Waals surface area contributed by atoms with Crippen LogP contribution < -0.4 is 10.6 Å². The van der Waals surface area contributed by atoms with Crippen LogP contribution in [0.25, 0.3) is 0 Å². The Kier molecular flexibility index (Phi) is 7.19. The Bertz CT molecular complexity index is 363. The number of hydrogen-bond donors (Lipinski definition) is 2. The van der Waals surface area contributed by atoms with Gasteiger partial charge in [-0.1, -0.05) is 19.1 Å². The summed E-state index contributed by atoms with van der Waals surface area (Å²) >= 11 is 0. The first-order chi connectivity index (χ1) is 10.7. The molecule has 0 amide bonds. The fourth-order valence-corrected chi connectivity index (χ4v) is 3.02. The van der Waals surface area contributed by atoms with Crippen molar-refractivity contribution in [3.05, 3.63) is 12.2 Å².